The van der Waals surface area contributed by atoms with Crippen LogP contribution in [-0.2, 0) is 15.1 Å². The molecule has 27 heavy (non-hydrogen) atoms. The van der Waals surface area contributed by atoms with Crippen LogP contribution < -0.4 is 10.2 Å². The quantitative estimate of drug-likeness (QED) is 0.800. The smallest absolute Gasteiger partial charge is 0.319 e. The van der Waals surface area contributed by atoms with Gasteiger partial charge in [0.2, 0.25) is 5.91 Å². The van der Waals surface area contributed by atoms with Crippen LogP contribution in [0.25, 0.3) is 0 Å². The minimum absolute atomic E-state index is 0.290. The number of amides is 4. The highest BCUT2D eigenvalue weighted by atomic mass is 16.2. The number of likely N-dealkylation sites (N-methyl/N-ethyl adjacent to an activating group) is 1. The van der Waals surface area contributed by atoms with Crippen LogP contribution in [0.15, 0.2) is 60.7 Å². The van der Waals surface area contributed by atoms with Crippen molar-refractivity contribution in [3.8, 4) is 0 Å². The normalized spacial score (nSPS) is 19.1. The molecule has 0 saturated carbocycles. The molecule has 2 aromatic rings. The van der Waals surface area contributed by atoms with Crippen molar-refractivity contribution in [2.24, 2.45) is 0 Å². The maximum absolute atomic E-state index is 13.1. The zero-order valence-electron chi connectivity index (χ0n) is 15.5. The molecule has 1 fully saturated rings. The zero-order valence-corrected chi connectivity index (χ0v) is 15.5. The molecular formula is C21H23N3O3. The number of nitrogens with zero attached hydrogens (tertiary/aromatic N) is 2. The Morgan fingerprint density at radius 3 is 2.15 bits per heavy atom. The lowest BCUT2D eigenvalue weighted by atomic mass is 9.87. The summed E-state index contributed by atoms with van der Waals surface area (Å²) in [6.07, 6.45) is 0.405. The van der Waals surface area contributed by atoms with Gasteiger partial charge in [-0.3, -0.25) is 14.5 Å². The summed E-state index contributed by atoms with van der Waals surface area (Å²) in [5.74, 6) is -0.689. The monoisotopic (exact) mass is 365 g/mol. The largest absolute Gasteiger partial charge is 0.325 e. The molecule has 140 valence electrons. The van der Waals surface area contributed by atoms with Crippen molar-refractivity contribution in [2.75, 3.05) is 18.0 Å². The van der Waals surface area contributed by atoms with Crippen molar-refractivity contribution in [1.82, 2.24) is 10.2 Å². The Bertz CT molecular complexity index is 838. The van der Waals surface area contributed by atoms with Gasteiger partial charge in [0.25, 0.3) is 5.91 Å². The number of rotatable bonds is 6. The average molecular weight is 365 g/mol. The van der Waals surface area contributed by atoms with Gasteiger partial charge in [-0.15, -0.1) is 0 Å². The molecule has 1 unspecified atom stereocenters. The van der Waals surface area contributed by atoms with Gasteiger partial charge in [0.15, 0.2) is 0 Å². The van der Waals surface area contributed by atoms with Gasteiger partial charge in [-0.2, -0.15) is 0 Å². The summed E-state index contributed by atoms with van der Waals surface area (Å²) in [5, 5.41) is 2.80. The number of imide groups is 1. The summed E-state index contributed by atoms with van der Waals surface area (Å²) in [5.41, 5.74) is 0.334. The van der Waals surface area contributed by atoms with E-state index in [2.05, 4.69) is 5.32 Å². The minimum atomic E-state index is -1.12. The Balaban J connectivity index is 1.84. The van der Waals surface area contributed by atoms with E-state index in [1.54, 1.807) is 4.90 Å². The second-order valence-corrected chi connectivity index (χ2v) is 6.42. The molecule has 1 aliphatic heterocycles. The van der Waals surface area contributed by atoms with E-state index in [4.69, 9.17) is 0 Å². The Hall–Kier alpha value is -3.15. The second kappa shape index (κ2) is 7.61. The summed E-state index contributed by atoms with van der Waals surface area (Å²) in [4.78, 5) is 41.1. The van der Waals surface area contributed by atoms with Crippen LogP contribution in [0.1, 0.15) is 25.8 Å². The molecule has 1 heterocycles. The fourth-order valence-corrected chi connectivity index (χ4v) is 3.46. The summed E-state index contributed by atoms with van der Waals surface area (Å²) in [7, 11) is 0. The number of hydrogen-bond donors (Lipinski definition) is 1. The lowest BCUT2D eigenvalue weighted by Crippen LogP contribution is -2.45. The van der Waals surface area contributed by atoms with Crippen LogP contribution in [0.2, 0.25) is 0 Å². The fraction of sp³-hybridized carbons (Fsp3) is 0.286. The van der Waals surface area contributed by atoms with E-state index in [0.29, 0.717) is 13.0 Å². The van der Waals surface area contributed by atoms with E-state index in [9.17, 15) is 14.4 Å². The summed E-state index contributed by atoms with van der Waals surface area (Å²) in [6.45, 7) is 3.86. The molecule has 0 radical (unpaired) electrons. The minimum Gasteiger partial charge on any atom is -0.319 e. The van der Waals surface area contributed by atoms with E-state index in [1.165, 1.54) is 0 Å². The third-order valence-corrected chi connectivity index (χ3v) is 4.95. The lowest BCUT2D eigenvalue weighted by molar-refractivity contribution is -0.134. The highest BCUT2D eigenvalue weighted by Gasteiger charge is 2.51. The predicted molar refractivity (Wildman–Crippen MR) is 103 cm³/mol. The summed E-state index contributed by atoms with van der Waals surface area (Å²) in [6, 6.07) is 17.8. The van der Waals surface area contributed by atoms with Gasteiger partial charge < -0.3 is 10.2 Å². The molecule has 0 aromatic heterocycles. The number of carbonyl (C=O) groups excluding carboxylic acids is 3. The van der Waals surface area contributed by atoms with Crippen LogP contribution in [-0.4, -0.2) is 35.8 Å². The van der Waals surface area contributed by atoms with Crippen LogP contribution >= 0.6 is 0 Å². The van der Waals surface area contributed by atoms with Crippen LogP contribution in [0, 0.1) is 0 Å². The summed E-state index contributed by atoms with van der Waals surface area (Å²) >= 11 is 0. The molecule has 6 heteroatoms. The summed E-state index contributed by atoms with van der Waals surface area (Å²) < 4.78 is 0. The highest BCUT2D eigenvalue weighted by molar-refractivity contribution is 6.10. The number of para-hydroxylation sites is 1. The standard InChI is InChI=1S/C21H23N3O3/c1-3-21(16-11-7-5-8-12-16)19(26)24(20(27)22-21)15-18(25)23(4-2)17-13-9-6-10-14-17/h5-14H,3-4,15H2,1-2H3,(H,22,27). The van der Waals surface area contributed by atoms with Gasteiger partial charge in [-0.05, 0) is 31.0 Å². The number of nitrogens with one attached hydrogen (secondary N) is 1. The first kappa shape index (κ1) is 18.6. The van der Waals surface area contributed by atoms with Gasteiger partial charge in [0.05, 0.1) is 0 Å². The topological polar surface area (TPSA) is 69.7 Å². The van der Waals surface area contributed by atoms with Crippen molar-refractivity contribution in [3.05, 3.63) is 66.2 Å². The molecule has 1 N–H and O–H groups in total. The van der Waals surface area contributed by atoms with E-state index in [-0.39, 0.29) is 12.5 Å². The van der Waals surface area contributed by atoms with Gasteiger partial charge in [-0.25, -0.2) is 4.79 Å². The van der Waals surface area contributed by atoms with Crippen molar-refractivity contribution >= 4 is 23.5 Å². The highest BCUT2D eigenvalue weighted by Crippen LogP contribution is 2.32. The van der Waals surface area contributed by atoms with Gasteiger partial charge in [-0.1, -0.05) is 55.5 Å². The number of benzene rings is 2. The Kier molecular flexibility index (Phi) is 5.26. The molecule has 0 aliphatic carbocycles. The van der Waals surface area contributed by atoms with Crippen molar-refractivity contribution in [2.45, 2.75) is 25.8 Å². The molecule has 0 spiro atoms. The van der Waals surface area contributed by atoms with E-state index in [1.807, 2.05) is 74.5 Å². The molecule has 6 nitrogen and oxygen atoms in total. The van der Waals surface area contributed by atoms with Crippen molar-refractivity contribution in [1.29, 1.82) is 0 Å². The first-order chi connectivity index (χ1) is 13.0. The van der Waals surface area contributed by atoms with Crippen molar-refractivity contribution in [3.63, 3.8) is 0 Å². The number of anilines is 1. The van der Waals surface area contributed by atoms with E-state index < -0.39 is 17.5 Å². The SMILES string of the molecule is CCN(C(=O)CN1C(=O)NC(CC)(c2ccccc2)C1=O)c1ccccc1. The molecule has 1 saturated heterocycles. The Morgan fingerprint density at radius 1 is 1.00 bits per heavy atom. The second-order valence-electron chi connectivity index (χ2n) is 6.42. The average Bonchev–Trinajstić information content (AvgIpc) is 2.95. The molecule has 1 aliphatic rings. The Labute approximate surface area is 158 Å². The van der Waals surface area contributed by atoms with E-state index in [0.717, 1.165) is 16.2 Å². The first-order valence-electron chi connectivity index (χ1n) is 9.08. The molecule has 0 bridgehead atoms. The van der Waals surface area contributed by atoms with Crippen LogP contribution in [0.4, 0.5) is 10.5 Å². The molecule has 3 rings (SSSR count). The third kappa shape index (κ3) is 3.30. The lowest BCUT2D eigenvalue weighted by Gasteiger charge is -2.26. The van der Waals surface area contributed by atoms with Gasteiger partial charge >= 0.3 is 6.03 Å². The molecule has 4 amide bonds. The number of carbonyl (C=O) groups is 3. The van der Waals surface area contributed by atoms with Gasteiger partial charge in [0, 0.05) is 12.2 Å². The molecule has 2 aromatic carbocycles. The first-order valence-corrected chi connectivity index (χ1v) is 9.08. The van der Waals surface area contributed by atoms with Crippen LogP contribution in [0.5, 0.6) is 0 Å². The third-order valence-electron chi connectivity index (χ3n) is 4.95. The number of hydrogen-bond acceptors (Lipinski definition) is 3. The molecule has 1 atom stereocenters. The van der Waals surface area contributed by atoms with Crippen molar-refractivity contribution < 1.29 is 14.4 Å². The fourth-order valence-electron chi connectivity index (χ4n) is 3.46. The van der Waals surface area contributed by atoms with E-state index >= 15 is 0 Å². The van der Waals surface area contributed by atoms with Crippen LogP contribution in [0.3, 0.4) is 0 Å². The number of urea groups is 1. The predicted octanol–water partition coefficient (Wildman–Crippen LogP) is 2.90. The maximum Gasteiger partial charge on any atom is 0.325 e. The Morgan fingerprint density at radius 2 is 1.59 bits per heavy atom. The van der Waals surface area contributed by atoms with Gasteiger partial charge in [0.1, 0.15) is 12.1 Å². The zero-order chi connectivity index (χ0) is 19.4. The maximum atomic E-state index is 13.1. The molecular weight excluding hydrogens is 342 g/mol.